The number of benzene rings is 3. The van der Waals surface area contributed by atoms with Crippen molar-refractivity contribution < 1.29 is 33.3 Å². The largest absolute Gasteiger partial charge is 0.497 e. The Balaban J connectivity index is 1.48. The van der Waals surface area contributed by atoms with Gasteiger partial charge in [0.1, 0.15) is 12.4 Å². The first kappa shape index (κ1) is 25.4. The van der Waals surface area contributed by atoms with Gasteiger partial charge in [-0.2, -0.15) is 0 Å². The molecule has 0 spiro atoms. The second kappa shape index (κ2) is 12.3. The fourth-order valence-electron chi connectivity index (χ4n) is 2.85. The van der Waals surface area contributed by atoms with Gasteiger partial charge in [-0.15, -0.1) is 0 Å². The summed E-state index contributed by atoms with van der Waals surface area (Å²) in [5.41, 5.74) is 5.81. The highest BCUT2D eigenvalue weighted by Crippen LogP contribution is 2.29. The maximum Gasteiger partial charge on any atom is 0.338 e. The number of amides is 2. The Bertz CT molecular complexity index is 1180. The Hall–Kier alpha value is -4.24. The summed E-state index contributed by atoms with van der Waals surface area (Å²) in [4.78, 5) is 36.4. The molecule has 0 aliphatic rings. The maximum absolute atomic E-state index is 12.3. The summed E-state index contributed by atoms with van der Waals surface area (Å²) in [6, 6.07) is 18.0. The van der Waals surface area contributed by atoms with E-state index in [2.05, 4.69) is 10.9 Å². The fraction of sp³-hybridized carbons (Fsp3) is 0.160. The zero-order valence-electron chi connectivity index (χ0n) is 19.0. The molecule has 35 heavy (non-hydrogen) atoms. The van der Waals surface area contributed by atoms with Gasteiger partial charge in [-0.05, 0) is 60.2 Å². The van der Waals surface area contributed by atoms with Gasteiger partial charge < -0.3 is 18.9 Å². The minimum absolute atomic E-state index is 0.163. The minimum atomic E-state index is -0.746. The highest BCUT2D eigenvalue weighted by Gasteiger charge is 2.15. The zero-order valence-corrected chi connectivity index (χ0v) is 19.8. The Kier molecular flexibility index (Phi) is 8.91. The molecule has 182 valence electrons. The number of hydrogen-bond acceptors (Lipinski definition) is 7. The Morgan fingerprint density at radius 2 is 1.49 bits per heavy atom. The number of halogens is 1. The number of hydrazine groups is 1. The fourth-order valence-corrected chi connectivity index (χ4v) is 2.97. The number of rotatable bonds is 9. The summed E-state index contributed by atoms with van der Waals surface area (Å²) >= 11 is 5.88. The molecule has 0 unspecified atom stereocenters. The molecule has 0 atom stereocenters. The maximum atomic E-state index is 12.3. The van der Waals surface area contributed by atoms with E-state index in [-0.39, 0.29) is 12.2 Å². The van der Waals surface area contributed by atoms with Crippen LogP contribution >= 0.6 is 11.6 Å². The predicted molar refractivity (Wildman–Crippen MR) is 128 cm³/mol. The van der Waals surface area contributed by atoms with Crippen molar-refractivity contribution in [2.45, 2.75) is 6.61 Å². The molecule has 9 nitrogen and oxygen atoms in total. The van der Waals surface area contributed by atoms with Crippen molar-refractivity contribution in [3.8, 4) is 17.2 Å². The quantitative estimate of drug-likeness (QED) is 0.342. The van der Waals surface area contributed by atoms with Gasteiger partial charge >= 0.3 is 5.97 Å². The van der Waals surface area contributed by atoms with Crippen molar-refractivity contribution in [1.29, 1.82) is 0 Å². The molecular weight excluding hydrogens is 476 g/mol. The highest BCUT2D eigenvalue weighted by molar-refractivity contribution is 6.30. The standard InChI is InChI=1S/C25H23ClN2O7/c1-32-20-10-5-17(6-11-20)24(30)28-27-23(29)15-35-25(31)18-7-12-21(22(13-18)33-2)34-14-16-3-8-19(26)9-4-16/h3-13H,14-15H2,1-2H3,(H,27,29)(H,28,30). The number of ether oxygens (including phenoxy) is 4. The topological polar surface area (TPSA) is 112 Å². The van der Waals surface area contributed by atoms with Crippen LogP contribution in [0.5, 0.6) is 17.2 Å². The molecule has 2 N–H and O–H groups in total. The number of hydrogen-bond donors (Lipinski definition) is 2. The third kappa shape index (κ3) is 7.38. The number of carbonyl (C=O) groups is 3. The SMILES string of the molecule is COc1ccc(C(=O)NNC(=O)COC(=O)c2ccc(OCc3ccc(Cl)cc3)c(OC)c2)cc1. The number of carbonyl (C=O) groups excluding carboxylic acids is 3. The van der Waals surface area contributed by atoms with Gasteiger partial charge in [0.15, 0.2) is 18.1 Å². The van der Waals surface area contributed by atoms with Crippen LogP contribution in [0.3, 0.4) is 0 Å². The van der Waals surface area contributed by atoms with E-state index >= 15 is 0 Å². The molecule has 3 aromatic carbocycles. The van der Waals surface area contributed by atoms with Crippen LogP contribution < -0.4 is 25.1 Å². The highest BCUT2D eigenvalue weighted by atomic mass is 35.5. The Morgan fingerprint density at radius 3 is 2.14 bits per heavy atom. The average molecular weight is 499 g/mol. The van der Waals surface area contributed by atoms with Gasteiger partial charge in [-0.1, -0.05) is 23.7 Å². The molecule has 3 aromatic rings. The van der Waals surface area contributed by atoms with Crippen LogP contribution in [0.4, 0.5) is 0 Å². The van der Waals surface area contributed by atoms with E-state index in [9.17, 15) is 14.4 Å². The Morgan fingerprint density at radius 1 is 0.800 bits per heavy atom. The van der Waals surface area contributed by atoms with Crippen LogP contribution in [-0.2, 0) is 16.1 Å². The van der Waals surface area contributed by atoms with E-state index in [1.165, 1.54) is 38.5 Å². The van der Waals surface area contributed by atoms with Gasteiger partial charge in [-0.3, -0.25) is 20.4 Å². The van der Waals surface area contributed by atoms with E-state index in [4.69, 9.17) is 30.5 Å². The lowest BCUT2D eigenvalue weighted by Gasteiger charge is -2.12. The molecule has 0 aliphatic carbocycles. The molecule has 3 rings (SSSR count). The summed E-state index contributed by atoms with van der Waals surface area (Å²) in [5, 5.41) is 0.627. The lowest BCUT2D eigenvalue weighted by Crippen LogP contribution is -2.43. The van der Waals surface area contributed by atoms with Crippen molar-refractivity contribution in [1.82, 2.24) is 10.9 Å². The molecule has 0 fully saturated rings. The number of nitrogens with one attached hydrogen (secondary N) is 2. The molecule has 0 radical (unpaired) electrons. The average Bonchev–Trinajstić information content (AvgIpc) is 2.89. The smallest absolute Gasteiger partial charge is 0.338 e. The molecule has 10 heteroatoms. The van der Waals surface area contributed by atoms with Gasteiger partial charge in [0.2, 0.25) is 0 Å². The second-order valence-corrected chi connectivity index (χ2v) is 7.52. The summed E-state index contributed by atoms with van der Waals surface area (Å²) in [7, 11) is 2.95. The number of methoxy groups -OCH3 is 2. The summed E-state index contributed by atoms with van der Waals surface area (Å²) < 4.78 is 21.1. The normalized spacial score (nSPS) is 10.1. The van der Waals surface area contributed by atoms with Crippen LogP contribution in [0.1, 0.15) is 26.3 Å². The van der Waals surface area contributed by atoms with E-state index < -0.39 is 24.4 Å². The van der Waals surface area contributed by atoms with Crippen LogP contribution in [-0.4, -0.2) is 38.6 Å². The van der Waals surface area contributed by atoms with Crippen LogP contribution in [0, 0.1) is 0 Å². The number of esters is 1. The molecule has 0 bridgehead atoms. The summed E-state index contributed by atoms with van der Waals surface area (Å²) in [5.74, 6) is -0.650. The van der Waals surface area contributed by atoms with E-state index in [0.717, 1.165) is 5.56 Å². The second-order valence-electron chi connectivity index (χ2n) is 7.09. The summed E-state index contributed by atoms with van der Waals surface area (Å²) in [6.07, 6.45) is 0. The first-order valence-electron chi connectivity index (χ1n) is 10.3. The lowest BCUT2D eigenvalue weighted by molar-refractivity contribution is -0.125. The van der Waals surface area contributed by atoms with Crippen molar-refractivity contribution in [3.05, 3.63) is 88.4 Å². The molecule has 0 saturated heterocycles. The van der Waals surface area contributed by atoms with Crippen molar-refractivity contribution >= 4 is 29.4 Å². The first-order valence-corrected chi connectivity index (χ1v) is 10.7. The zero-order chi connectivity index (χ0) is 25.2. The van der Waals surface area contributed by atoms with E-state index in [1.54, 1.807) is 30.3 Å². The van der Waals surface area contributed by atoms with Gasteiger partial charge in [0.25, 0.3) is 11.8 Å². The minimum Gasteiger partial charge on any atom is -0.497 e. The first-order chi connectivity index (χ1) is 16.9. The van der Waals surface area contributed by atoms with Gasteiger partial charge in [0.05, 0.1) is 19.8 Å². The van der Waals surface area contributed by atoms with Crippen molar-refractivity contribution in [3.63, 3.8) is 0 Å². The molecular formula is C25H23ClN2O7. The van der Waals surface area contributed by atoms with Gasteiger partial charge in [0, 0.05) is 10.6 Å². The molecule has 0 saturated carbocycles. The lowest BCUT2D eigenvalue weighted by atomic mass is 10.2. The third-order valence-corrected chi connectivity index (χ3v) is 4.96. The van der Waals surface area contributed by atoms with Gasteiger partial charge in [-0.25, -0.2) is 4.79 Å². The van der Waals surface area contributed by atoms with Crippen molar-refractivity contribution in [2.75, 3.05) is 20.8 Å². The van der Waals surface area contributed by atoms with E-state index in [1.807, 2.05) is 12.1 Å². The summed E-state index contributed by atoms with van der Waals surface area (Å²) in [6.45, 7) is -0.321. The Labute approximate surface area is 206 Å². The molecule has 2 amide bonds. The predicted octanol–water partition coefficient (Wildman–Crippen LogP) is 3.55. The molecule has 0 aliphatic heterocycles. The van der Waals surface area contributed by atoms with Crippen LogP contribution in [0.25, 0.3) is 0 Å². The molecule has 0 heterocycles. The molecule has 0 aromatic heterocycles. The van der Waals surface area contributed by atoms with Crippen LogP contribution in [0.2, 0.25) is 5.02 Å². The third-order valence-electron chi connectivity index (χ3n) is 4.71. The van der Waals surface area contributed by atoms with Crippen LogP contribution in [0.15, 0.2) is 66.7 Å². The monoisotopic (exact) mass is 498 g/mol. The van der Waals surface area contributed by atoms with Crippen molar-refractivity contribution in [2.24, 2.45) is 0 Å². The van der Waals surface area contributed by atoms with E-state index in [0.29, 0.717) is 27.8 Å².